The maximum absolute atomic E-state index is 12.6. The van der Waals surface area contributed by atoms with E-state index in [2.05, 4.69) is 34.5 Å². The standard InChI is InChI=1S/C22H25ClN2O/c23-20-8-4-16(5-9-20)15-25-12-10-21(11-13-25)24-22(26)19-7-6-17-2-1-3-18(17)14-19/h4-9,14,21H,1-3,10-13,15H2,(H,24,26). The Labute approximate surface area is 160 Å². The van der Waals surface area contributed by atoms with E-state index in [9.17, 15) is 4.79 Å². The average Bonchev–Trinajstić information content (AvgIpc) is 3.13. The molecule has 0 aromatic heterocycles. The fourth-order valence-corrected chi connectivity index (χ4v) is 4.19. The number of hydrogen-bond donors (Lipinski definition) is 1. The number of carbonyl (C=O) groups excluding carboxylic acids is 1. The van der Waals surface area contributed by atoms with Gasteiger partial charge in [0, 0.05) is 36.3 Å². The van der Waals surface area contributed by atoms with Gasteiger partial charge in [0.2, 0.25) is 0 Å². The van der Waals surface area contributed by atoms with Crippen molar-refractivity contribution < 1.29 is 4.79 Å². The first kappa shape index (κ1) is 17.6. The van der Waals surface area contributed by atoms with E-state index in [1.54, 1.807) is 0 Å². The zero-order valence-electron chi connectivity index (χ0n) is 15.0. The molecule has 2 aromatic rings. The zero-order valence-corrected chi connectivity index (χ0v) is 15.8. The van der Waals surface area contributed by atoms with Gasteiger partial charge in [0.25, 0.3) is 5.91 Å². The average molecular weight is 369 g/mol. The Balaban J connectivity index is 1.28. The van der Waals surface area contributed by atoms with Gasteiger partial charge in [-0.15, -0.1) is 0 Å². The smallest absolute Gasteiger partial charge is 0.251 e. The molecular weight excluding hydrogens is 344 g/mol. The molecule has 1 N–H and O–H groups in total. The Morgan fingerprint density at radius 2 is 1.77 bits per heavy atom. The van der Waals surface area contributed by atoms with Crippen LogP contribution in [-0.2, 0) is 19.4 Å². The molecule has 0 bridgehead atoms. The number of nitrogens with zero attached hydrogens (tertiary/aromatic N) is 1. The fraction of sp³-hybridized carbons (Fsp3) is 0.409. The van der Waals surface area contributed by atoms with Crippen LogP contribution in [0.25, 0.3) is 0 Å². The maximum atomic E-state index is 12.6. The molecule has 1 heterocycles. The minimum Gasteiger partial charge on any atom is -0.349 e. The Morgan fingerprint density at radius 1 is 1.04 bits per heavy atom. The molecule has 4 rings (SSSR count). The van der Waals surface area contributed by atoms with Gasteiger partial charge in [-0.05, 0) is 73.1 Å². The summed E-state index contributed by atoms with van der Waals surface area (Å²) >= 11 is 5.95. The van der Waals surface area contributed by atoms with Gasteiger partial charge in [0.05, 0.1) is 0 Å². The molecule has 0 radical (unpaired) electrons. The van der Waals surface area contributed by atoms with E-state index in [0.29, 0.717) is 0 Å². The molecule has 0 unspecified atom stereocenters. The molecular formula is C22H25ClN2O. The number of carbonyl (C=O) groups is 1. The molecule has 1 aliphatic carbocycles. The highest BCUT2D eigenvalue weighted by molar-refractivity contribution is 6.30. The molecule has 0 atom stereocenters. The van der Waals surface area contributed by atoms with Crippen LogP contribution in [0, 0.1) is 0 Å². The summed E-state index contributed by atoms with van der Waals surface area (Å²) < 4.78 is 0. The summed E-state index contributed by atoms with van der Waals surface area (Å²) in [6.07, 6.45) is 5.49. The molecule has 4 heteroatoms. The van der Waals surface area contributed by atoms with E-state index < -0.39 is 0 Å². The summed E-state index contributed by atoms with van der Waals surface area (Å²) in [5, 5.41) is 4.01. The third kappa shape index (κ3) is 4.11. The van der Waals surface area contributed by atoms with Crippen LogP contribution in [0.1, 0.15) is 46.3 Å². The molecule has 3 nitrogen and oxygen atoms in total. The molecule has 1 aliphatic heterocycles. The van der Waals surface area contributed by atoms with Crippen molar-refractivity contribution >= 4 is 17.5 Å². The third-order valence-corrected chi connectivity index (χ3v) is 5.85. The van der Waals surface area contributed by atoms with Crippen molar-refractivity contribution in [1.82, 2.24) is 10.2 Å². The van der Waals surface area contributed by atoms with E-state index in [1.165, 1.54) is 23.1 Å². The summed E-state index contributed by atoms with van der Waals surface area (Å²) in [5.74, 6) is 0.0795. The van der Waals surface area contributed by atoms with Crippen molar-refractivity contribution in [3.05, 3.63) is 69.7 Å². The SMILES string of the molecule is O=C(NC1CCN(Cc2ccc(Cl)cc2)CC1)c1ccc2c(c1)CCC2. The summed E-state index contributed by atoms with van der Waals surface area (Å²) in [5.41, 5.74) is 4.87. The summed E-state index contributed by atoms with van der Waals surface area (Å²) in [4.78, 5) is 15.0. The molecule has 0 spiro atoms. The third-order valence-electron chi connectivity index (χ3n) is 5.60. The lowest BCUT2D eigenvalue weighted by Crippen LogP contribution is -2.44. The molecule has 1 saturated heterocycles. The van der Waals surface area contributed by atoms with Gasteiger partial charge in [0.1, 0.15) is 0 Å². The first-order valence-electron chi connectivity index (χ1n) is 9.57. The van der Waals surface area contributed by atoms with Gasteiger partial charge in [-0.25, -0.2) is 0 Å². The Hall–Kier alpha value is -1.84. The van der Waals surface area contributed by atoms with Crippen molar-refractivity contribution in [3.63, 3.8) is 0 Å². The van der Waals surface area contributed by atoms with Crippen LogP contribution in [0.15, 0.2) is 42.5 Å². The predicted molar refractivity (Wildman–Crippen MR) is 106 cm³/mol. The van der Waals surface area contributed by atoms with Crippen LogP contribution in [-0.4, -0.2) is 29.9 Å². The molecule has 0 saturated carbocycles. The minimum absolute atomic E-state index is 0.0795. The van der Waals surface area contributed by atoms with Gasteiger partial charge < -0.3 is 5.32 Å². The normalized spacial score (nSPS) is 17.9. The highest BCUT2D eigenvalue weighted by Crippen LogP contribution is 2.23. The topological polar surface area (TPSA) is 32.3 Å². The van der Waals surface area contributed by atoms with Gasteiger partial charge >= 0.3 is 0 Å². The monoisotopic (exact) mass is 368 g/mol. The van der Waals surface area contributed by atoms with Crippen LogP contribution < -0.4 is 5.32 Å². The summed E-state index contributed by atoms with van der Waals surface area (Å²) in [7, 11) is 0. The lowest BCUT2D eigenvalue weighted by atomic mass is 10.0. The second-order valence-corrected chi connectivity index (χ2v) is 7.92. The number of nitrogens with one attached hydrogen (secondary N) is 1. The molecule has 1 amide bonds. The number of benzene rings is 2. The van der Waals surface area contributed by atoms with Crippen LogP contribution in [0.4, 0.5) is 0 Å². The van der Waals surface area contributed by atoms with Crippen molar-refractivity contribution in [1.29, 1.82) is 0 Å². The van der Waals surface area contributed by atoms with Crippen molar-refractivity contribution in [2.45, 2.75) is 44.7 Å². The number of halogens is 1. The molecule has 26 heavy (non-hydrogen) atoms. The quantitative estimate of drug-likeness (QED) is 0.876. The number of hydrogen-bond acceptors (Lipinski definition) is 2. The highest BCUT2D eigenvalue weighted by atomic mass is 35.5. The number of rotatable bonds is 4. The second kappa shape index (κ2) is 7.81. The Bertz CT molecular complexity index is 779. The van der Waals surface area contributed by atoms with E-state index in [-0.39, 0.29) is 11.9 Å². The maximum Gasteiger partial charge on any atom is 0.251 e. The molecule has 2 aliphatic rings. The van der Waals surface area contributed by atoms with Gasteiger partial charge in [-0.1, -0.05) is 29.8 Å². The molecule has 136 valence electrons. The van der Waals surface area contributed by atoms with Gasteiger partial charge in [-0.2, -0.15) is 0 Å². The van der Waals surface area contributed by atoms with Crippen molar-refractivity contribution in [3.8, 4) is 0 Å². The minimum atomic E-state index is 0.0795. The highest BCUT2D eigenvalue weighted by Gasteiger charge is 2.22. The number of likely N-dealkylation sites (tertiary alicyclic amines) is 1. The van der Waals surface area contributed by atoms with Crippen LogP contribution in [0.2, 0.25) is 5.02 Å². The number of aryl methyl sites for hydroxylation is 2. The van der Waals surface area contributed by atoms with Crippen molar-refractivity contribution in [2.75, 3.05) is 13.1 Å². The van der Waals surface area contributed by atoms with E-state index in [4.69, 9.17) is 11.6 Å². The van der Waals surface area contributed by atoms with E-state index >= 15 is 0 Å². The Kier molecular flexibility index (Phi) is 5.28. The van der Waals surface area contributed by atoms with Crippen LogP contribution in [0.5, 0.6) is 0 Å². The van der Waals surface area contributed by atoms with Crippen LogP contribution in [0.3, 0.4) is 0 Å². The first-order chi connectivity index (χ1) is 12.7. The molecule has 2 aromatic carbocycles. The predicted octanol–water partition coefficient (Wildman–Crippen LogP) is 4.22. The second-order valence-electron chi connectivity index (χ2n) is 7.49. The van der Waals surface area contributed by atoms with E-state index in [0.717, 1.165) is 55.9 Å². The lowest BCUT2D eigenvalue weighted by Gasteiger charge is -2.32. The van der Waals surface area contributed by atoms with Crippen LogP contribution >= 0.6 is 11.6 Å². The first-order valence-corrected chi connectivity index (χ1v) is 9.94. The van der Waals surface area contributed by atoms with Gasteiger partial charge in [-0.3, -0.25) is 9.69 Å². The van der Waals surface area contributed by atoms with Crippen molar-refractivity contribution in [2.24, 2.45) is 0 Å². The number of amides is 1. The number of piperidine rings is 1. The fourth-order valence-electron chi connectivity index (χ4n) is 4.07. The summed E-state index contributed by atoms with van der Waals surface area (Å²) in [6.45, 7) is 2.97. The zero-order chi connectivity index (χ0) is 17.9. The lowest BCUT2D eigenvalue weighted by molar-refractivity contribution is 0.0909. The van der Waals surface area contributed by atoms with E-state index in [1.807, 2.05) is 18.2 Å². The number of fused-ring (bicyclic) bond motifs is 1. The van der Waals surface area contributed by atoms with Gasteiger partial charge in [0.15, 0.2) is 0 Å². The Morgan fingerprint density at radius 3 is 2.54 bits per heavy atom. The molecule has 1 fully saturated rings. The summed E-state index contributed by atoms with van der Waals surface area (Å²) in [6, 6.07) is 14.5. The largest absolute Gasteiger partial charge is 0.349 e.